The molecule has 0 atom stereocenters. The smallest absolute Gasteiger partial charge is 0.0348 e. The molecule has 0 aromatic carbocycles. The maximum atomic E-state index is 3.63. The zero-order valence-corrected chi connectivity index (χ0v) is 5.56. The molecule has 0 spiro atoms. The Morgan fingerprint density at radius 2 is 2.12 bits per heavy atom. The zero-order chi connectivity index (χ0) is 6.24. The maximum Gasteiger partial charge on any atom is -0.0348 e. The first kappa shape index (κ1) is 7.48. The van der Waals surface area contributed by atoms with Crippen LogP contribution in [0.5, 0.6) is 0 Å². The molecular weight excluding hydrogens is 96.1 g/mol. The van der Waals surface area contributed by atoms with E-state index in [2.05, 4.69) is 18.7 Å². The van der Waals surface area contributed by atoms with Crippen LogP contribution in [0.4, 0.5) is 0 Å². The van der Waals surface area contributed by atoms with Gasteiger partial charge < -0.3 is 0 Å². The summed E-state index contributed by atoms with van der Waals surface area (Å²) < 4.78 is 0. The van der Waals surface area contributed by atoms with Crippen LogP contribution in [0, 0.1) is 0 Å². The highest BCUT2D eigenvalue weighted by Gasteiger charge is 1.75. The van der Waals surface area contributed by atoms with Gasteiger partial charge in [0, 0.05) is 0 Å². The van der Waals surface area contributed by atoms with Gasteiger partial charge in [0.2, 0.25) is 0 Å². The molecule has 46 valence electrons. The van der Waals surface area contributed by atoms with Gasteiger partial charge in [-0.25, -0.2) is 0 Å². The SMILES string of the molecule is C=CCCC/C=C\C. The summed E-state index contributed by atoms with van der Waals surface area (Å²) in [6.07, 6.45) is 9.82. The molecular formula is C8H14. The fourth-order valence-corrected chi connectivity index (χ4v) is 0.547. The van der Waals surface area contributed by atoms with Gasteiger partial charge in [-0.3, -0.25) is 0 Å². The lowest BCUT2D eigenvalue weighted by molar-refractivity contribution is 0.869. The topological polar surface area (TPSA) is 0 Å². The lowest BCUT2D eigenvalue weighted by atomic mass is 10.2. The summed E-state index contributed by atoms with van der Waals surface area (Å²) in [5.41, 5.74) is 0. The molecule has 8 heavy (non-hydrogen) atoms. The fourth-order valence-electron chi connectivity index (χ4n) is 0.547. The molecule has 0 aliphatic carbocycles. The number of hydrogen-bond acceptors (Lipinski definition) is 0. The molecule has 0 fully saturated rings. The number of hydrogen-bond donors (Lipinski definition) is 0. The van der Waals surface area contributed by atoms with E-state index in [4.69, 9.17) is 0 Å². The second-order valence-electron chi connectivity index (χ2n) is 1.79. The third-order valence-corrected chi connectivity index (χ3v) is 1.01. The third-order valence-electron chi connectivity index (χ3n) is 1.01. The van der Waals surface area contributed by atoms with Gasteiger partial charge in [0.25, 0.3) is 0 Å². The molecule has 0 rings (SSSR count). The first-order valence-electron chi connectivity index (χ1n) is 3.14. The summed E-state index contributed by atoms with van der Waals surface area (Å²) in [5, 5.41) is 0. The van der Waals surface area contributed by atoms with Gasteiger partial charge >= 0.3 is 0 Å². The minimum atomic E-state index is 1.14. The molecule has 0 aliphatic heterocycles. The van der Waals surface area contributed by atoms with Crippen molar-refractivity contribution >= 4 is 0 Å². The van der Waals surface area contributed by atoms with Crippen LogP contribution in [0.15, 0.2) is 24.8 Å². The molecule has 0 aromatic rings. The van der Waals surface area contributed by atoms with E-state index in [0.29, 0.717) is 0 Å². The van der Waals surface area contributed by atoms with Gasteiger partial charge in [-0.15, -0.1) is 6.58 Å². The Morgan fingerprint density at radius 1 is 1.38 bits per heavy atom. The predicted octanol–water partition coefficient (Wildman–Crippen LogP) is 2.92. The first-order valence-corrected chi connectivity index (χ1v) is 3.14. The van der Waals surface area contributed by atoms with Gasteiger partial charge in [-0.2, -0.15) is 0 Å². The molecule has 0 unspecified atom stereocenters. The molecule has 0 saturated carbocycles. The molecule has 0 heteroatoms. The van der Waals surface area contributed by atoms with Crippen molar-refractivity contribution in [2.75, 3.05) is 0 Å². The van der Waals surface area contributed by atoms with Crippen LogP contribution in [0.2, 0.25) is 0 Å². The molecule has 0 nitrogen and oxygen atoms in total. The largest absolute Gasteiger partial charge is 0.103 e. The summed E-state index contributed by atoms with van der Waals surface area (Å²) in [7, 11) is 0. The van der Waals surface area contributed by atoms with E-state index in [0.717, 1.165) is 6.42 Å². The average molecular weight is 110 g/mol. The third kappa shape index (κ3) is 5.48. The minimum Gasteiger partial charge on any atom is -0.103 e. The Hall–Kier alpha value is -0.520. The Kier molecular flexibility index (Phi) is 6.06. The van der Waals surface area contributed by atoms with Crippen LogP contribution in [0.1, 0.15) is 26.2 Å². The lowest BCUT2D eigenvalue weighted by Crippen LogP contribution is -1.65. The van der Waals surface area contributed by atoms with E-state index >= 15 is 0 Å². The van der Waals surface area contributed by atoms with E-state index in [1.165, 1.54) is 12.8 Å². The summed E-state index contributed by atoms with van der Waals surface area (Å²) in [6.45, 7) is 5.68. The van der Waals surface area contributed by atoms with Crippen LogP contribution >= 0.6 is 0 Å². The average Bonchev–Trinajstić information content (AvgIpc) is 1.81. The van der Waals surface area contributed by atoms with Crippen molar-refractivity contribution in [3.8, 4) is 0 Å². The van der Waals surface area contributed by atoms with Crippen molar-refractivity contribution in [1.82, 2.24) is 0 Å². The Labute approximate surface area is 51.9 Å². The lowest BCUT2D eigenvalue weighted by Gasteiger charge is -1.85. The molecule has 0 radical (unpaired) electrons. The summed E-state index contributed by atoms with van der Waals surface area (Å²) in [4.78, 5) is 0. The van der Waals surface area contributed by atoms with Gasteiger partial charge in [0.15, 0.2) is 0 Å². The highest BCUT2D eigenvalue weighted by atomic mass is 13.8. The molecule has 0 heterocycles. The predicted molar refractivity (Wildman–Crippen MR) is 38.9 cm³/mol. The maximum absolute atomic E-state index is 3.63. The van der Waals surface area contributed by atoms with Crippen molar-refractivity contribution in [1.29, 1.82) is 0 Å². The van der Waals surface area contributed by atoms with Crippen LogP contribution in [0.25, 0.3) is 0 Å². The second kappa shape index (κ2) is 6.48. The Balaban J connectivity index is 2.82. The van der Waals surface area contributed by atoms with Gasteiger partial charge in [-0.1, -0.05) is 18.2 Å². The summed E-state index contributed by atoms with van der Waals surface area (Å²) in [5.74, 6) is 0. The first-order chi connectivity index (χ1) is 3.91. The highest BCUT2D eigenvalue weighted by Crippen LogP contribution is 1.95. The molecule has 0 bridgehead atoms. The number of allylic oxidation sites excluding steroid dienone is 3. The van der Waals surface area contributed by atoms with Crippen molar-refractivity contribution in [2.24, 2.45) is 0 Å². The van der Waals surface area contributed by atoms with Gasteiger partial charge in [0.1, 0.15) is 0 Å². The van der Waals surface area contributed by atoms with Gasteiger partial charge in [0.05, 0.1) is 0 Å². The van der Waals surface area contributed by atoms with E-state index in [-0.39, 0.29) is 0 Å². The van der Waals surface area contributed by atoms with Crippen LogP contribution < -0.4 is 0 Å². The second-order valence-corrected chi connectivity index (χ2v) is 1.79. The Morgan fingerprint density at radius 3 is 2.62 bits per heavy atom. The van der Waals surface area contributed by atoms with Crippen molar-refractivity contribution in [2.45, 2.75) is 26.2 Å². The zero-order valence-electron chi connectivity index (χ0n) is 5.56. The van der Waals surface area contributed by atoms with E-state index in [1.807, 2.05) is 13.0 Å². The molecule has 0 saturated heterocycles. The number of unbranched alkanes of at least 4 members (excludes halogenated alkanes) is 2. The van der Waals surface area contributed by atoms with Crippen LogP contribution in [0.3, 0.4) is 0 Å². The van der Waals surface area contributed by atoms with E-state index < -0.39 is 0 Å². The molecule has 0 aliphatic rings. The minimum absolute atomic E-state index is 1.14. The normalized spacial score (nSPS) is 10.1. The van der Waals surface area contributed by atoms with E-state index in [1.54, 1.807) is 0 Å². The van der Waals surface area contributed by atoms with Crippen molar-refractivity contribution < 1.29 is 0 Å². The highest BCUT2D eigenvalue weighted by molar-refractivity contribution is 4.78. The molecule has 0 aromatic heterocycles. The van der Waals surface area contributed by atoms with E-state index in [9.17, 15) is 0 Å². The Bertz CT molecular complexity index is 70.1. The van der Waals surface area contributed by atoms with Gasteiger partial charge in [-0.05, 0) is 26.2 Å². The quantitative estimate of drug-likeness (QED) is 0.385. The fraction of sp³-hybridized carbons (Fsp3) is 0.500. The number of rotatable bonds is 4. The van der Waals surface area contributed by atoms with Crippen LogP contribution in [-0.2, 0) is 0 Å². The monoisotopic (exact) mass is 110 g/mol. The molecule has 0 N–H and O–H groups in total. The standard InChI is InChI=1S/C8H14/c1-3-5-7-8-6-4-2/h3-4,6H,1,5,7-8H2,2H3/b6-4-. The van der Waals surface area contributed by atoms with Crippen molar-refractivity contribution in [3.63, 3.8) is 0 Å². The van der Waals surface area contributed by atoms with Crippen molar-refractivity contribution in [3.05, 3.63) is 24.8 Å². The molecule has 0 amide bonds. The summed E-state index contributed by atoms with van der Waals surface area (Å²) >= 11 is 0. The summed E-state index contributed by atoms with van der Waals surface area (Å²) in [6, 6.07) is 0. The van der Waals surface area contributed by atoms with Crippen LogP contribution in [-0.4, -0.2) is 0 Å².